The highest BCUT2D eigenvalue weighted by Gasteiger charge is 2.12. The molecule has 0 spiro atoms. The van der Waals surface area contributed by atoms with Crippen molar-refractivity contribution in [2.75, 3.05) is 6.61 Å². The Balaban J connectivity index is 2.08. The van der Waals surface area contributed by atoms with Crippen LogP contribution in [0.25, 0.3) is 0 Å². The zero-order chi connectivity index (χ0) is 15.2. The van der Waals surface area contributed by atoms with E-state index in [0.717, 1.165) is 23.3 Å². The Bertz CT molecular complexity index is 616. The minimum Gasteiger partial charge on any atom is -0.485 e. The van der Waals surface area contributed by atoms with Gasteiger partial charge in [0, 0.05) is 5.56 Å². The minimum absolute atomic E-state index is 0.0117. The van der Waals surface area contributed by atoms with Gasteiger partial charge >= 0.3 is 0 Å². The van der Waals surface area contributed by atoms with E-state index in [2.05, 4.69) is 19.9 Å². The van der Waals surface area contributed by atoms with E-state index >= 15 is 0 Å². The van der Waals surface area contributed by atoms with Gasteiger partial charge in [-0.25, -0.2) is 0 Å². The fourth-order valence-corrected chi connectivity index (χ4v) is 2.28. The van der Waals surface area contributed by atoms with Gasteiger partial charge in [-0.2, -0.15) is 0 Å². The number of hydrogen-bond acceptors (Lipinski definition) is 2. The van der Waals surface area contributed by atoms with E-state index < -0.39 is 0 Å². The van der Waals surface area contributed by atoms with Crippen molar-refractivity contribution in [1.29, 1.82) is 0 Å². The number of Topliss-reactive ketones (excluding diaryl/α,β-unsaturated/α-hetero) is 1. The summed E-state index contributed by atoms with van der Waals surface area (Å²) >= 11 is 0. The fourth-order valence-electron chi connectivity index (χ4n) is 2.28. The number of aryl methyl sites for hydroxylation is 1. The van der Waals surface area contributed by atoms with Crippen LogP contribution in [0.1, 0.15) is 47.7 Å². The van der Waals surface area contributed by atoms with Gasteiger partial charge < -0.3 is 4.74 Å². The van der Waals surface area contributed by atoms with Gasteiger partial charge in [0.2, 0.25) is 0 Å². The highest BCUT2D eigenvalue weighted by molar-refractivity contribution is 5.97. The first-order valence-electron chi connectivity index (χ1n) is 7.43. The molecule has 2 aromatic rings. The molecular weight excluding hydrogens is 260 g/mol. The summed E-state index contributed by atoms with van der Waals surface area (Å²) in [5.74, 6) is 1.25. The summed E-state index contributed by atoms with van der Waals surface area (Å²) in [5.41, 5.74) is 2.95. The lowest BCUT2D eigenvalue weighted by Crippen LogP contribution is -2.13. The van der Waals surface area contributed by atoms with Gasteiger partial charge in [-0.05, 0) is 37.0 Å². The quantitative estimate of drug-likeness (QED) is 0.713. The summed E-state index contributed by atoms with van der Waals surface area (Å²) in [4.78, 5) is 12.2. The van der Waals surface area contributed by atoms with Gasteiger partial charge in [0.1, 0.15) is 5.75 Å². The normalized spacial score (nSPS) is 12.0. The molecule has 0 aliphatic carbocycles. The summed E-state index contributed by atoms with van der Waals surface area (Å²) in [6, 6.07) is 15.6. The third-order valence-electron chi connectivity index (χ3n) is 3.76. The van der Waals surface area contributed by atoms with Crippen LogP contribution in [0, 0.1) is 6.92 Å². The van der Waals surface area contributed by atoms with Crippen LogP contribution in [-0.4, -0.2) is 12.4 Å². The molecule has 0 saturated heterocycles. The maximum Gasteiger partial charge on any atom is 0.200 e. The summed E-state index contributed by atoms with van der Waals surface area (Å²) < 4.78 is 5.77. The van der Waals surface area contributed by atoms with Crippen molar-refractivity contribution in [3.8, 4) is 5.75 Å². The molecule has 2 nitrogen and oxygen atoms in total. The van der Waals surface area contributed by atoms with Gasteiger partial charge in [0.25, 0.3) is 0 Å². The number of carbonyl (C=O) groups is 1. The highest BCUT2D eigenvalue weighted by Crippen LogP contribution is 2.28. The second-order valence-corrected chi connectivity index (χ2v) is 5.43. The van der Waals surface area contributed by atoms with Crippen LogP contribution >= 0.6 is 0 Å². The number of carbonyl (C=O) groups excluding carboxylic acids is 1. The van der Waals surface area contributed by atoms with Crippen LogP contribution < -0.4 is 4.74 Å². The SMILES string of the molecule is CCC(C)c1ccccc1OCC(=O)c1cccc(C)c1. The van der Waals surface area contributed by atoms with Crippen LogP contribution in [0.15, 0.2) is 48.5 Å². The Morgan fingerprint density at radius 2 is 1.90 bits per heavy atom. The monoisotopic (exact) mass is 282 g/mol. The molecule has 1 atom stereocenters. The Morgan fingerprint density at radius 1 is 1.14 bits per heavy atom. The van der Waals surface area contributed by atoms with Crippen LogP contribution in [0.4, 0.5) is 0 Å². The van der Waals surface area contributed by atoms with E-state index in [9.17, 15) is 4.79 Å². The first kappa shape index (κ1) is 15.3. The Kier molecular flexibility index (Phi) is 5.15. The average Bonchev–Trinajstić information content (AvgIpc) is 2.52. The second kappa shape index (κ2) is 7.07. The first-order chi connectivity index (χ1) is 10.1. The summed E-state index contributed by atoms with van der Waals surface area (Å²) in [6.07, 6.45) is 1.05. The topological polar surface area (TPSA) is 26.3 Å². The van der Waals surface area contributed by atoms with E-state index in [1.54, 1.807) is 0 Å². The van der Waals surface area contributed by atoms with E-state index in [1.807, 2.05) is 49.4 Å². The van der Waals surface area contributed by atoms with Crippen molar-refractivity contribution in [1.82, 2.24) is 0 Å². The molecule has 2 aromatic carbocycles. The molecule has 0 aliphatic heterocycles. The molecular formula is C19H22O2. The fraction of sp³-hybridized carbons (Fsp3) is 0.316. The lowest BCUT2D eigenvalue weighted by atomic mass is 9.98. The van der Waals surface area contributed by atoms with Crippen molar-refractivity contribution in [3.63, 3.8) is 0 Å². The molecule has 0 amide bonds. The van der Waals surface area contributed by atoms with E-state index in [1.165, 1.54) is 0 Å². The van der Waals surface area contributed by atoms with E-state index in [-0.39, 0.29) is 12.4 Å². The zero-order valence-electron chi connectivity index (χ0n) is 12.9. The molecule has 0 saturated carbocycles. The zero-order valence-corrected chi connectivity index (χ0v) is 12.9. The smallest absolute Gasteiger partial charge is 0.200 e. The van der Waals surface area contributed by atoms with Gasteiger partial charge in [-0.3, -0.25) is 4.79 Å². The summed E-state index contributed by atoms with van der Waals surface area (Å²) in [6.45, 7) is 6.39. The molecule has 0 radical (unpaired) electrons. The molecule has 0 fully saturated rings. The van der Waals surface area contributed by atoms with Gasteiger partial charge in [-0.1, -0.05) is 55.8 Å². The van der Waals surface area contributed by atoms with Gasteiger partial charge in [0.15, 0.2) is 12.4 Å². The predicted octanol–water partition coefficient (Wildman–Crippen LogP) is 4.77. The second-order valence-electron chi connectivity index (χ2n) is 5.43. The molecule has 0 aliphatic rings. The molecule has 0 aromatic heterocycles. The number of benzene rings is 2. The largest absolute Gasteiger partial charge is 0.485 e. The van der Waals surface area contributed by atoms with Crippen molar-refractivity contribution in [2.45, 2.75) is 33.1 Å². The lowest BCUT2D eigenvalue weighted by Gasteiger charge is -2.15. The van der Waals surface area contributed by atoms with Crippen molar-refractivity contribution in [3.05, 3.63) is 65.2 Å². The third-order valence-corrected chi connectivity index (χ3v) is 3.76. The van der Waals surface area contributed by atoms with E-state index in [0.29, 0.717) is 11.5 Å². The maximum absolute atomic E-state index is 12.2. The van der Waals surface area contributed by atoms with Crippen LogP contribution in [0.2, 0.25) is 0 Å². The number of ketones is 1. The Labute approximate surface area is 126 Å². The molecule has 2 rings (SSSR count). The molecule has 0 heterocycles. The molecule has 0 bridgehead atoms. The lowest BCUT2D eigenvalue weighted by molar-refractivity contribution is 0.0920. The summed E-state index contributed by atoms with van der Waals surface area (Å²) in [5, 5.41) is 0. The predicted molar refractivity (Wildman–Crippen MR) is 86.2 cm³/mol. The Morgan fingerprint density at radius 3 is 2.62 bits per heavy atom. The average molecular weight is 282 g/mol. The van der Waals surface area contributed by atoms with Gasteiger partial charge in [0.05, 0.1) is 0 Å². The Hall–Kier alpha value is -2.09. The van der Waals surface area contributed by atoms with Gasteiger partial charge in [-0.15, -0.1) is 0 Å². The van der Waals surface area contributed by atoms with Crippen LogP contribution in [0.3, 0.4) is 0 Å². The molecule has 1 unspecified atom stereocenters. The highest BCUT2D eigenvalue weighted by atomic mass is 16.5. The molecule has 0 N–H and O–H groups in total. The van der Waals surface area contributed by atoms with E-state index in [4.69, 9.17) is 4.74 Å². The number of hydrogen-bond donors (Lipinski definition) is 0. The third kappa shape index (κ3) is 3.94. The summed E-state index contributed by atoms with van der Waals surface area (Å²) in [7, 11) is 0. The van der Waals surface area contributed by atoms with Crippen molar-refractivity contribution in [2.24, 2.45) is 0 Å². The van der Waals surface area contributed by atoms with Crippen LogP contribution in [-0.2, 0) is 0 Å². The molecule has 2 heteroatoms. The minimum atomic E-state index is 0.0117. The van der Waals surface area contributed by atoms with Crippen molar-refractivity contribution < 1.29 is 9.53 Å². The first-order valence-corrected chi connectivity index (χ1v) is 7.43. The maximum atomic E-state index is 12.2. The number of ether oxygens (including phenoxy) is 1. The number of rotatable bonds is 6. The number of para-hydroxylation sites is 1. The standard InChI is InChI=1S/C19H22O2/c1-4-15(3)17-10-5-6-11-19(17)21-13-18(20)16-9-7-8-14(2)12-16/h5-12,15H,4,13H2,1-3H3. The van der Waals surface area contributed by atoms with Crippen LogP contribution in [0.5, 0.6) is 5.75 Å². The molecule has 110 valence electrons. The van der Waals surface area contributed by atoms with Crippen molar-refractivity contribution >= 4 is 5.78 Å². The molecule has 21 heavy (non-hydrogen) atoms.